The van der Waals surface area contributed by atoms with E-state index in [1.165, 1.54) is 51.7 Å². The molecule has 0 aromatic heterocycles. The summed E-state index contributed by atoms with van der Waals surface area (Å²) >= 11 is 0. The van der Waals surface area contributed by atoms with E-state index >= 15 is 0 Å². The summed E-state index contributed by atoms with van der Waals surface area (Å²) in [6, 6.07) is 1.61. The molecule has 3 aliphatic rings. The van der Waals surface area contributed by atoms with Crippen LogP contribution in [0.4, 0.5) is 0 Å². The summed E-state index contributed by atoms with van der Waals surface area (Å²) in [4.78, 5) is 2.66. The number of rotatable bonds is 3. The summed E-state index contributed by atoms with van der Waals surface area (Å²) in [5, 5.41) is 4.12. The first kappa shape index (κ1) is 13.9. The van der Waals surface area contributed by atoms with Crippen LogP contribution in [0.25, 0.3) is 0 Å². The van der Waals surface area contributed by atoms with Crippen LogP contribution in [0, 0.1) is 23.7 Å². The summed E-state index contributed by atoms with van der Waals surface area (Å²) in [6.07, 6.45) is 7.13. The first-order valence-corrected chi connectivity index (χ1v) is 8.62. The maximum atomic E-state index is 4.12. The Morgan fingerprint density at radius 1 is 1.00 bits per heavy atom. The average molecular weight is 264 g/mol. The van der Waals surface area contributed by atoms with E-state index in [-0.39, 0.29) is 0 Å². The molecule has 6 unspecified atom stereocenters. The standard InChI is InChI=1S/C17H32N2/c1-12(2)15-5-4-13(3)10-17(15)18-16-7-9-19-8-6-14(16)11-19/h12-18H,4-11H2,1-3H3. The molecule has 0 aromatic rings. The summed E-state index contributed by atoms with van der Waals surface area (Å²) in [7, 11) is 0. The lowest BCUT2D eigenvalue weighted by molar-refractivity contribution is 0.130. The molecular formula is C17H32N2. The quantitative estimate of drug-likeness (QED) is 0.842. The van der Waals surface area contributed by atoms with Gasteiger partial charge < -0.3 is 10.2 Å². The van der Waals surface area contributed by atoms with Crippen LogP contribution in [0.5, 0.6) is 0 Å². The van der Waals surface area contributed by atoms with E-state index in [0.717, 1.165) is 35.8 Å². The summed E-state index contributed by atoms with van der Waals surface area (Å²) in [5.41, 5.74) is 0. The topological polar surface area (TPSA) is 15.3 Å². The average Bonchev–Trinajstić information content (AvgIpc) is 2.75. The van der Waals surface area contributed by atoms with Gasteiger partial charge >= 0.3 is 0 Å². The fourth-order valence-electron chi connectivity index (χ4n) is 4.84. The molecule has 0 aromatic carbocycles. The number of piperidine rings is 1. The highest BCUT2D eigenvalue weighted by molar-refractivity contribution is 4.95. The minimum Gasteiger partial charge on any atom is -0.311 e. The SMILES string of the molecule is CC1CCC(C(C)C)C(NC2CCN3CCC2C3)C1. The first-order chi connectivity index (χ1) is 9.13. The number of fused-ring (bicyclic) bond motifs is 2. The van der Waals surface area contributed by atoms with Crippen molar-refractivity contribution in [1.29, 1.82) is 0 Å². The van der Waals surface area contributed by atoms with Gasteiger partial charge in [0.25, 0.3) is 0 Å². The van der Waals surface area contributed by atoms with Crippen molar-refractivity contribution in [2.45, 2.75) is 65.0 Å². The van der Waals surface area contributed by atoms with Gasteiger partial charge in [-0.15, -0.1) is 0 Å². The van der Waals surface area contributed by atoms with E-state index in [1.54, 1.807) is 0 Å². The van der Waals surface area contributed by atoms with Crippen LogP contribution >= 0.6 is 0 Å². The van der Waals surface area contributed by atoms with E-state index in [0.29, 0.717) is 0 Å². The normalized spacial score (nSPS) is 46.7. The van der Waals surface area contributed by atoms with Crippen LogP contribution in [-0.4, -0.2) is 36.6 Å². The van der Waals surface area contributed by atoms with Crippen LogP contribution in [0.15, 0.2) is 0 Å². The number of nitrogens with zero attached hydrogens (tertiary/aromatic N) is 1. The molecule has 2 heteroatoms. The lowest BCUT2D eigenvalue weighted by Crippen LogP contribution is -2.52. The van der Waals surface area contributed by atoms with Crippen LogP contribution < -0.4 is 5.32 Å². The monoisotopic (exact) mass is 264 g/mol. The molecule has 2 saturated heterocycles. The van der Waals surface area contributed by atoms with Gasteiger partial charge in [0.1, 0.15) is 0 Å². The molecule has 3 fully saturated rings. The third-order valence-electron chi connectivity index (χ3n) is 6.08. The Morgan fingerprint density at radius 3 is 2.58 bits per heavy atom. The second-order valence-electron chi connectivity index (χ2n) is 7.84. The van der Waals surface area contributed by atoms with Gasteiger partial charge in [0, 0.05) is 18.6 Å². The number of nitrogens with one attached hydrogen (secondary N) is 1. The van der Waals surface area contributed by atoms with Crippen molar-refractivity contribution in [2.75, 3.05) is 19.6 Å². The Bertz CT molecular complexity index is 302. The number of hydrogen-bond acceptors (Lipinski definition) is 2. The maximum Gasteiger partial charge on any atom is 0.0123 e. The van der Waals surface area contributed by atoms with E-state index in [4.69, 9.17) is 0 Å². The van der Waals surface area contributed by atoms with Crippen molar-refractivity contribution >= 4 is 0 Å². The molecule has 3 rings (SSSR count). The highest BCUT2D eigenvalue weighted by Crippen LogP contribution is 2.35. The van der Waals surface area contributed by atoms with Gasteiger partial charge in [0.05, 0.1) is 0 Å². The van der Waals surface area contributed by atoms with Crippen LogP contribution in [-0.2, 0) is 0 Å². The lowest BCUT2D eigenvalue weighted by Gasteiger charge is -2.42. The third kappa shape index (κ3) is 3.00. The van der Waals surface area contributed by atoms with Gasteiger partial charge in [-0.1, -0.05) is 27.2 Å². The van der Waals surface area contributed by atoms with Gasteiger partial charge in [-0.05, 0) is 62.4 Å². The molecule has 1 N–H and O–H groups in total. The van der Waals surface area contributed by atoms with Gasteiger partial charge in [0.2, 0.25) is 0 Å². The van der Waals surface area contributed by atoms with E-state index in [2.05, 4.69) is 31.0 Å². The van der Waals surface area contributed by atoms with E-state index in [9.17, 15) is 0 Å². The van der Waals surface area contributed by atoms with Crippen LogP contribution in [0.2, 0.25) is 0 Å². The molecule has 2 aliphatic heterocycles. The van der Waals surface area contributed by atoms with Crippen molar-refractivity contribution in [2.24, 2.45) is 23.7 Å². The minimum absolute atomic E-state index is 0.792. The molecule has 110 valence electrons. The second-order valence-corrected chi connectivity index (χ2v) is 7.84. The van der Waals surface area contributed by atoms with E-state index in [1.807, 2.05) is 0 Å². The van der Waals surface area contributed by atoms with Gasteiger partial charge in [-0.3, -0.25) is 0 Å². The Kier molecular flexibility index (Phi) is 4.19. The molecule has 0 radical (unpaired) electrons. The second kappa shape index (κ2) is 5.73. The molecule has 1 saturated carbocycles. The molecule has 2 heterocycles. The predicted molar refractivity (Wildman–Crippen MR) is 81.2 cm³/mol. The summed E-state index contributed by atoms with van der Waals surface area (Å²) < 4.78 is 0. The Balaban J connectivity index is 1.62. The highest BCUT2D eigenvalue weighted by atomic mass is 15.2. The van der Waals surface area contributed by atoms with Gasteiger partial charge in [0.15, 0.2) is 0 Å². The molecule has 2 bridgehead atoms. The maximum absolute atomic E-state index is 4.12. The van der Waals surface area contributed by atoms with Crippen molar-refractivity contribution in [3.63, 3.8) is 0 Å². The van der Waals surface area contributed by atoms with Crippen molar-refractivity contribution < 1.29 is 0 Å². The largest absolute Gasteiger partial charge is 0.311 e. The van der Waals surface area contributed by atoms with Crippen LogP contribution in [0.3, 0.4) is 0 Å². The zero-order valence-corrected chi connectivity index (χ0v) is 13.1. The van der Waals surface area contributed by atoms with Gasteiger partial charge in [-0.25, -0.2) is 0 Å². The fourth-order valence-corrected chi connectivity index (χ4v) is 4.84. The lowest BCUT2D eigenvalue weighted by atomic mass is 9.73. The Labute approximate surface area is 119 Å². The molecule has 0 amide bonds. The molecule has 19 heavy (non-hydrogen) atoms. The predicted octanol–water partition coefficient (Wildman–Crippen LogP) is 3.13. The summed E-state index contributed by atoms with van der Waals surface area (Å²) in [6.45, 7) is 11.4. The van der Waals surface area contributed by atoms with Crippen molar-refractivity contribution in [3.8, 4) is 0 Å². The molecule has 2 nitrogen and oxygen atoms in total. The minimum atomic E-state index is 0.792. The Morgan fingerprint density at radius 2 is 1.79 bits per heavy atom. The van der Waals surface area contributed by atoms with Crippen LogP contribution in [0.1, 0.15) is 52.9 Å². The smallest absolute Gasteiger partial charge is 0.0123 e. The molecule has 6 atom stereocenters. The zero-order valence-electron chi connectivity index (χ0n) is 13.1. The Hall–Kier alpha value is -0.0800. The molecule has 0 spiro atoms. The van der Waals surface area contributed by atoms with Crippen molar-refractivity contribution in [1.82, 2.24) is 10.2 Å². The van der Waals surface area contributed by atoms with E-state index < -0.39 is 0 Å². The first-order valence-electron chi connectivity index (χ1n) is 8.62. The fraction of sp³-hybridized carbons (Fsp3) is 1.00. The zero-order chi connectivity index (χ0) is 13.4. The molecule has 1 aliphatic carbocycles. The number of hydrogen-bond donors (Lipinski definition) is 1. The molecular weight excluding hydrogens is 232 g/mol. The van der Waals surface area contributed by atoms with Crippen molar-refractivity contribution in [3.05, 3.63) is 0 Å². The summed E-state index contributed by atoms with van der Waals surface area (Å²) in [5.74, 6) is 3.62. The highest BCUT2D eigenvalue weighted by Gasteiger charge is 2.38. The third-order valence-corrected chi connectivity index (χ3v) is 6.08. The van der Waals surface area contributed by atoms with Gasteiger partial charge in [-0.2, -0.15) is 0 Å².